The molecule has 14 nitrogen and oxygen atoms in total. The lowest BCUT2D eigenvalue weighted by atomic mass is 9.89. The van der Waals surface area contributed by atoms with Gasteiger partial charge in [-0.15, -0.1) is 32.9 Å². The molecule has 372 valence electrons. The normalized spacial score (nSPS) is 20.2. The summed E-state index contributed by atoms with van der Waals surface area (Å²) in [4.78, 5) is 56.0. The number of ether oxygens (including phenoxy) is 1. The van der Waals surface area contributed by atoms with Gasteiger partial charge in [0.25, 0.3) is 0 Å². The summed E-state index contributed by atoms with van der Waals surface area (Å²) in [7, 11) is 0. The van der Waals surface area contributed by atoms with Crippen molar-refractivity contribution in [1.82, 2.24) is 45.1 Å². The Hall–Kier alpha value is -6.49. The van der Waals surface area contributed by atoms with Crippen molar-refractivity contribution in [3.63, 3.8) is 0 Å². The van der Waals surface area contributed by atoms with Crippen LogP contribution in [0.1, 0.15) is 116 Å². The first-order valence-corrected chi connectivity index (χ1v) is 26.8. The number of amides is 3. The van der Waals surface area contributed by atoms with Crippen LogP contribution < -0.4 is 15.4 Å². The maximum Gasteiger partial charge on any atom is 0.248 e. The zero-order chi connectivity index (χ0) is 50.5. The van der Waals surface area contributed by atoms with Gasteiger partial charge in [-0.2, -0.15) is 5.10 Å². The van der Waals surface area contributed by atoms with Gasteiger partial charge >= 0.3 is 0 Å². The maximum atomic E-state index is 14.5. The number of nitrogens with one attached hydrogen (secondary N) is 2. The fraction of sp³-hybridized carbons (Fsp3) is 0.382. The van der Waals surface area contributed by atoms with E-state index in [-0.39, 0.29) is 54.2 Å². The molecule has 2 aliphatic heterocycles. The van der Waals surface area contributed by atoms with Crippen LogP contribution in [0, 0.1) is 39.5 Å². The second-order valence-electron chi connectivity index (χ2n) is 20.0. The number of fused-ring (bicyclic) bond motifs is 3. The van der Waals surface area contributed by atoms with Crippen LogP contribution in [0.4, 0.5) is 0 Å². The number of thiazole rings is 1. The van der Waals surface area contributed by atoms with E-state index in [2.05, 4.69) is 63.3 Å². The van der Waals surface area contributed by atoms with Crippen LogP contribution in [0.3, 0.4) is 0 Å². The minimum absolute atomic E-state index is 0.0460. The van der Waals surface area contributed by atoms with Gasteiger partial charge in [0.05, 0.1) is 40.5 Å². The number of halogens is 1. The number of aliphatic imine (C=N–C) groups is 1. The van der Waals surface area contributed by atoms with Gasteiger partial charge in [0, 0.05) is 58.2 Å². The highest BCUT2D eigenvalue weighted by atomic mass is 35.5. The smallest absolute Gasteiger partial charge is 0.248 e. The fourth-order valence-electron chi connectivity index (χ4n) is 10.3. The van der Waals surface area contributed by atoms with E-state index >= 15 is 0 Å². The number of aromatic nitrogens is 6. The molecule has 5 atom stereocenters. The summed E-state index contributed by atoms with van der Waals surface area (Å²) in [5.74, 6) is 1.79. The monoisotopic (exact) mass is 1020 g/mol. The van der Waals surface area contributed by atoms with Crippen LogP contribution in [0.25, 0.3) is 26.6 Å². The zero-order valence-corrected chi connectivity index (χ0v) is 44.1. The number of carbonyl (C=O) groups is 3. The van der Waals surface area contributed by atoms with Gasteiger partial charge in [-0.25, -0.2) is 4.98 Å². The minimum Gasteiger partial charge on any atom is -0.490 e. The van der Waals surface area contributed by atoms with Crippen LogP contribution in [-0.4, -0.2) is 82.6 Å². The molecule has 1 saturated heterocycles. The van der Waals surface area contributed by atoms with E-state index in [9.17, 15) is 14.4 Å². The number of rotatable bonds is 14. The van der Waals surface area contributed by atoms with E-state index in [0.29, 0.717) is 42.4 Å². The predicted molar refractivity (Wildman–Crippen MR) is 283 cm³/mol. The summed E-state index contributed by atoms with van der Waals surface area (Å²) < 4.78 is 10.2. The molecule has 0 spiro atoms. The average molecular weight is 1020 g/mol. The van der Waals surface area contributed by atoms with Gasteiger partial charge in [-0.3, -0.25) is 28.6 Å². The number of nitrogens with zero attached hydrogens (tertiary/aromatic N) is 8. The fourth-order valence-corrected chi connectivity index (χ4v) is 12.4. The molecular formula is C55H59ClN10O4S2. The molecule has 4 aromatic heterocycles. The molecule has 1 saturated carbocycles. The molecule has 0 radical (unpaired) electrons. The van der Waals surface area contributed by atoms with E-state index in [0.717, 1.165) is 66.1 Å². The molecule has 6 heterocycles. The summed E-state index contributed by atoms with van der Waals surface area (Å²) in [6.45, 7) is 16.7. The van der Waals surface area contributed by atoms with E-state index in [1.54, 1.807) is 38.5 Å². The lowest BCUT2D eigenvalue weighted by molar-refractivity contribution is -0.142. The third kappa shape index (κ3) is 9.75. The average Bonchev–Trinajstić information content (AvgIpc) is 4.19. The van der Waals surface area contributed by atoms with Crippen molar-refractivity contribution < 1.29 is 19.1 Å². The number of hydrogen-bond acceptors (Lipinski definition) is 11. The Morgan fingerprint density at radius 2 is 1.65 bits per heavy atom. The first-order valence-electron chi connectivity index (χ1n) is 24.7. The van der Waals surface area contributed by atoms with E-state index < -0.39 is 18.1 Å². The first kappa shape index (κ1) is 49.1. The molecule has 3 aromatic carbocycles. The highest BCUT2D eigenvalue weighted by molar-refractivity contribution is 7.15. The van der Waals surface area contributed by atoms with Crippen LogP contribution >= 0.6 is 34.3 Å². The molecule has 0 bridgehead atoms. The number of carbonyl (C=O) groups excluding carboxylic acids is 3. The molecule has 2 N–H and O–H groups in total. The molecule has 17 heteroatoms. The lowest BCUT2D eigenvalue weighted by Crippen LogP contribution is -2.49. The lowest BCUT2D eigenvalue weighted by Gasteiger charge is -2.36. The van der Waals surface area contributed by atoms with Gasteiger partial charge < -0.3 is 20.3 Å². The quantitative estimate of drug-likeness (QED) is 0.109. The van der Waals surface area contributed by atoms with Crippen LogP contribution in [0.5, 0.6) is 5.75 Å². The Morgan fingerprint density at radius 1 is 0.903 bits per heavy atom. The van der Waals surface area contributed by atoms with Gasteiger partial charge in [0.1, 0.15) is 40.8 Å². The standard InChI is InChI=1S/C55H59ClN10O4S2/c1-29(2)50(54(69)64-26-30(3)20-46(64)53(68)59-32(5)36-12-14-38(15-13-36)51-33(6)57-28-71-51)65-27-40(25-58-65)39-10-9-11-43(21-39)70-44-22-42(23-44)60-47(67)24-45-52-63-62-35(8)66(52)55-48(31(4)34(7)72-55)49(61-45)37-16-18-41(56)19-17-37/h9-19,21,25,27-30,32,42,44-46,50H,20,22-24,26H2,1-8H3,(H,59,68)(H,60,67)/t30-,32+,42-,44-,45+,46+,50+/m1/s1. The van der Waals surface area contributed by atoms with E-state index in [1.807, 2.05) is 107 Å². The largest absolute Gasteiger partial charge is 0.490 e. The van der Waals surface area contributed by atoms with Gasteiger partial charge in [-0.1, -0.05) is 80.9 Å². The number of likely N-dealkylation sites (tertiary alicyclic amines) is 1. The summed E-state index contributed by atoms with van der Waals surface area (Å²) in [5, 5.41) is 21.8. The third-order valence-corrected chi connectivity index (χ3v) is 16.7. The van der Waals surface area contributed by atoms with Crippen LogP contribution in [0.15, 0.2) is 95.7 Å². The molecule has 2 fully saturated rings. The van der Waals surface area contributed by atoms with Crippen molar-refractivity contribution in [2.24, 2.45) is 16.8 Å². The van der Waals surface area contributed by atoms with E-state index in [4.69, 9.17) is 26.4 Å². The summed E-state index contributed by atoms with van der Waals surface area (Å²) in [6.07, 6.45) is 5.63. The number of benzene rings is 3. The maximum absolute atomic E-state index is 14.5. The summed E-state index contributed by atoms with van der Waals surface area (Å²) in [5.41, 5.74) is 10.6. The second kappa shape index (κ2) is 20.2. The van der Waals surface area contributed by atoms with Gasteiger partial charge in [0.2, 0.25) is 17.7 Å². The topological polar surface area (TPSA) is 162 Å². The third-order valence-electron chi connectivity index (χ3n) is 14.3. The predicted octanol–water partition coefficient (Wildman–Crippen LogP) is 10.5. The van der Waals surface area contributed by atoms with Crippen molar-refractivity contribution >= 4 is 57.7 Å². The molecule has 3 aliphatic rings. The molecule has 72 heavy (non-hydrogen) atoms. The van der Waals surface area contributed by atoms with Crippen molar-refractivity contribution in [1.29, 1.82) is 0 Å². The van der Waals surface area contributed by atoms with E-state index in [1.165, 1.54) is 4.88 Å². The Morgan fingerprint density at radius 3 is 2.38 bits per heavy atom. The first-order chi connectivity index (χ1) is 34.6. The molecule has 0 unspecified atom stereocenters. The second-order valence-corrected chi connectivity index (χ2v) is 22.5. The zero-order valence-electron chi connectivity index (χ0n) is 41.7. The SMILES string of the molecule is Cc1ncsc1-c1ccc([C@H](C)NC(=O)[C@@H]2C[C@@H](C)CN2C(=O)[C@H](C(C)C)n2cc(-c3cccc(O[C@H]4C[C@H](NC(=O)C[C@@H]5N=C(c6ccc(Cl)cc6)c6c(sc(C)c6C)-n6c(C)nnc65)C4)c3)cn2)cc1. The minimum atomic E-state index is -0.606. The molecule has 10 rings (SSSR count). The highest BCUT2D eigenvalue weighted by Gasteiger charge is 2.42. The van der Waals surface area contributed by atoms with Gasteiger partial charge in [0.15, 0.2) is 5.82 Å². The molecular weight excluding hydrogens is 964 g/mol. The molecule has 3 amide bonds. The Labute approximate surface area is 432 Å². The van der Waals surface area contributed by atoms with Crippen LogP contribution in [-0.2, 0) is 14.4 Å². The van der Waals surface area contributed by atoms with Crippen molar-refractivity contribution in [3.8, 4) is 32.3 Å². The summed E-state index contributed by atoms with van der Waals surface area (Å²) in [6, 6.07) is 21.7. The summed E-state index contributed by atoms with van der Waals surface area (Å²) >= 11 is 9.58. The van der Waals surface area contributed by atoms with Crippen molar-refractivity contribution in [2.45, 2.75) is 117 Å². The highest BCUT2D eigenvalue weighted by Crippen LogP contribution is 2.40. The molecule has 1 aliphatic carbocycles. The Bertz CT molecular complexity index is 3180. The Kier molecular flexibility index (Phi) is 13.8. The van der Waals surface area contributed by atoms with Crippen LogP contribution in [0.2, 0.25) is 5.02 Å². The van der Waals surface area contributed by atoms with Crippen molar-refractivity contribution in [2.75, 3.05) is 6.54 Å². The number of hydrogen-bond donors (Lipinski definition) is 2. The van der Waals surface area contributed by atoms with Crippen molar-refractivity contribution in [3.05, 3.63) is 140 Å². The van der Waals surface area contributed by atoms with Gasteiger partial charge in [-0.05, 0) is 99.4 Å². The number of aryl methyl sites for hydroxylation is 3. The molecule has 7 aromatic rings. The number of thiophene rings is 1. The Balaban J connectivity index is 0.762.